The highest BCUT2D eigenvalue weighted by Crippen LogP contribution is 2.31. The maximum atomic E-state index is 3.55. The summed E-state index contributed by atoms with van der Waals surface area (Å²) in [4.78, 5) is 0. The summed E-state index contributed by atoms with van der Waals surface area (Å²) < 4.78 is 3.55. The molecule has 0 radical (unpaired) electrons. The molecular formula is C7H14N2S. The van der Waals surface area contributed by atoms with Gasteiger partial charge >= 0.3 is 0 Å². The van der Waals surface area contributed by atoms with Crippen molar-refractivity contribution in [2.75, 3.05) is 18.8 Å². The Morgan fingerprint density at radius 2 is 1.90 bits per heavy atom. The molecule has 0 bridgehead atoms. The van der Waals surface area contributed by atoms with Crippen LogP contribution in [-0.2, 0) is 0 Å². The third-order valence-corrected chi connectivity index (χ3v) is 3.52. The first-order chi connectivity index (χ1) is 4.91. The molecule has 2 rings (SSSR count). The van der Waals surface area contributed by atoms with E-state index in [0.717, 1.165) is 0 Å². The summed E-state index contributed by atoms with van der Waals surface area (Å²) in [5, 5.41) is 3.39. The lowest BCUT2D eigenvalue weighted by Crippen LogP contribution is -2.46. The van der Waals surface area contributed by atoms with E-state index in [1.165, 1.54) is 38.1 Å². The third kappa shape index (κ3) is 1.18. The molecule has 0 atom stereocenters. The fraction of sp³-hybridized carbons (Fsp3) is 1.00. The summed E-state index contributed by atoms with van der Waals surface area (Å²) in [5.41, 5.74) is 0.524. The van der Waals surface area contributed by atoms with E-state index in [9.17, 15) is 0 Å². The Labute approximate surface area is 66.3 Å². The number of nitrogens with one attached hydrogen (secondary N) is 2. The van der Waals surface area contributed by atoms with Crippen LogP contribution < -0.4 is 10.0 Å². The Balaban J connectivity index is 1.98. The van der Waals surface area contributed by atoms with Crippen LogP contribution in [-0.4, -0.2) is 24.4 Å². The molecule has 2 fully saturated rings. The van der Waals surface area contributed by atoms with Crippen LogP contribution in [0, 0.1) is 0 Å². The molecular weight excluding hydrogens is 144 g/mol. The first-order valence-electron chi connectivity index (χ1n) is 4.01. The van der Waals surface area contributed by atoms with E-state index in [-0.39, 0.29) is 0 Å². The van der Waals surface area contributed by atoms with E-state index < -0.39 is 0 Å². The average Bonchev–Trinajstić information content (AvgIpc) is 2.39. The van der Waals surface area contributed by atoms with Crippen molar-refractivity contribution in [3.8, 4) is 0 Å². The Bertz CT molecular complexity index is 113. The standard InChI is InChI=1S/C7H14N2S/c1-4-8-5-2-7(1)3-6-10-9-7/h8-9H,1-6H2. The number of hydrogen-bond donors (Lipinski definition) is 2. The highest BCUT2D eigenvalue weighted by Gasteiger charge is 2.34. The molecule has 0 aromatic heterocycles. The molecule has 0 aliphatic carbocycles. The fourth-order valence-corrected chi connectivity index (χ4v) is 2.97. The van der Waals surface area contributed by atoms with Crippen molar-refractivity contribution in [1.29, 1.82) is 0 Å². The van der Waals surface area contributed by atoms with Crippen molar-refractivity contribution in [2.24, 2.45) is 0 Å². The van der Waals surface area contributed by atoms with Crippen LogP contribution in [0.3, 0.4) is 0 Å². The second-order valence-electron chi connectivity index (χ2n) is 3.23. The zero-order valence-corrected chi connectivity index (χ0v) is 6.97. The Hall–Kier alpha value is 0.270. The van der Waals surface area contributed by atoms with Crippen molar-refractivity contribution in [1.82, 2.24) is 10.0 Å². The molecule has 58 valence electrons. The third-order valence-electron chi connectivity index (χ3n) is 2.53. The van der Waals surface area contributed by atoms with E-state index in [4.69, 9.17) is 0 Å². The minimum Gasteiger partial charge on any atom is -0.317 e. The van der Waals surface area contributed by atoms with E-state index in [1.54, 1.807) is 0 Å². The number of piperidine rings is 1. The molecule has 2 nitrogen and oxygen atoms in total. The summed E-state index contributed by atoms with van der Waals surface area (Å²) in [6, 6.07) is 0. The Morgan fingerprint density at radius 3 is 2.50 bits per heavy atom. The molecule has 0 unspecified atom stereocenters. The zero-order chi connectivity index (χ0) is 6.86. The predicted octanol–water partition coefficient (Wildman–Crippen LogP) is 0.750. The summed E-state index contributed by atoms with van der Waals surface area (Å²) >= 11 is 1.90. The van der Waals surface area contributed by atoms with Gasteiger partial charge in [0, 0.05) is 11.3 Å². The summed E-state index contributed by atoms with van der Waals surface area (Å²) in [6.07, 6.45) is 4.01. The van der Waals surface area contributed by atoms with Gasteiger partial charge in [0.2, 0.25) is 0 Å². The molecule has 0 saturated carbocycles. The molecule has 0 aromatic carbocycles. The molecule has 2 aliphatic rings. The van der Waals surface area contributed by atoms with Gasteiger partial charge in [-0.2, -0.15) is 0 Å². The minimum atomic E-state index is 0.524. The van der Waals surface area contributed by atoms with Gasteiger partial charge in [-0.3, -0.25) is 4.72 Å². The normalized spacial score (nSPS) is 31.2. The topological polar surface area (TPSA) is 24.1 Å². The SMILES string of the molecule is C1CC2(CCN1)CCSN2. The molecule has 0 aromatic rings. The van der Waals surface area contributed by atoms with Crippen LogP contribution in [0.4, 0.5) is 0 Å². The van der Waals surface area contributed by atoms with Gasteiger partial charge in [-0.1, -0.05) is 11.9 Å². The molecule has 2 heterocycles. The quantitative estimate of drug-likeness (QED) is 0.509. The molecule has 3 heteroatoms. The smallest absolute Gasteiger partial charge is 0.0315 e. The fourth-order valence-electron chi connectivity index (χ4n) is 1.76. The van der Waals surface area contributed by atoms with Crippen LogP contribution in [0.2, 0.25) is 0 Å². The Kier molecular flexibility index (Phi) is 1.89. The molecule has 10 heavy (non-hydrogen) atoms. The van der Waals surface area contributed by atoms with Gasteiger partial charge in [0.25, 0.3) is 0 Å². The molecule has 0 amide bonds. The summed E-state index contributed by atoms with van der Waals surface area (Å²) in [7, 11) is 0. The van der Waals surface area contributed by atoms with Crippen LogP contribution in [0.5, 0.6) is 0 Å². The van der Waals surface area contributed by atoms with Gasteiger partial charge in [-0.25, -0.2) is 0 Å². The molecule has 2 saturated heterocycles. The number of rotatable bonds is 0. The highest BCUT2D eigenvalue weighted by molar-refractivity contribution is 7.97. The maximum absolute atomic E-state index is 3.55. The van der Waals surface area contributed by atoms with Gasteiger partial charge < -0.3 is 5.32 Å². The van der Waals surface area contributed by atoms with Crippen LogP contribution in [0.1, 0.15) is 19.3 Å². The predicted molar refractivity (Wildman–Crippen MR) is 45.0 cm³/mol. The van der Waals surface area contributed by atoms with Gasteiger partial charge in [0.15, 0.2) is 0 Å². The van der Waals surface area contributed by atoms with E-state index in [2.05, 4.69) is 10.0 Å². The van der Waals surface area contributed by atoms with Crippen molar-refractivity contribution in [3.63, 3.8) is 0 Å². The van der Waals surface area contributed by atoms with Crippen LogP contribution >= 0.6 is 11.9 Å². The van der Waals surface area contributed by atoms with E-state index in [0.29, 0.717) is 5.54 Å². The first-order valence-corrected chi connectivity index (χ1v) is 5.00. The maximum Gasteiger partial charge on any atom is 0.0315 e. The summed E-state index contributed by atoms with van der Waals surface area (Å²) in [5.74, 6) is 1.31. The highest BCUT2D eigenvalue weighted by atomic mass is 32.2. The monoisotopic (exact) mass is 158 g/mol. The molecule has 2 N–H and O–H groups in total. The molecule has 2 aliphatic heterocycles. The van der Waals surface area contributed by atoms with E-state index in [1.807, 2.05) is 11.9 Å². The van der Waals surface area contributed by atoms with Crippen molar-refractivity contribution in [3.05, 3.63) is 0 Å². The second kappa shape index (κ2) is 2.72. The average molecular weight is 158 g/mol. The van der Waals surface area contributed by atoms with Gasteiger partial charge in [0.1, 0.15) is 0 Å². The van der Waals surface area contributed by atoms with Gasteiger partial charge in [-0.05, 0) is 32.4 Å². The Morgan fingerprint density at radius 1 is 1.10 bits per heavy atom. The summed E-state index contributed by atoms with van der Waals surface area (Å²) in [6.45, 7) is 2.40. The van der Waals surface area contributed by atoms with Crippen molar-refractivity contribution >= 4 is 11.9 Å². The lowest BCUT2D eigenvalue weighted by Gasteiger charge is -2.33. The van der Waals surface area contributed by atoms with Crippen LogP contribution in [0.15, 0.2) is 0 Å². The second-order valence-corrected chi connectivity index (χ2v) is 4.13. The molecule has 1 spiro atoms. The lowest BCUT2D eigenvalue weighted by atomic mass is 9.87. The zero-order valence-electron chi connectivity index (χ0n) is 6.15. The van der Waals surface area contributed by atoms with Gasteiger partial charge in [-0.15, -0.1) is 0 Å². The van der Waals surface area contributed by atoms with Gasteiger partial charge in [0.05, 0.1) is 0 Å². The van der Waals surface area contributed by atoms with Crippen molar-refractivity contribution < 1.29 is 0 Å². The van der Waals surface area contributed by atoms with Crippen molar-refractivity contribution in [2.45, 2.75) is 24.8 Å². The van der Waals surface area contributed by atoms with Crippen LogP contribution in [0.25, 0.3) is 0 Å². The minimum absolute atomic E-state index is 0.524. The number of hydrogen-bond acceptors (Lipinski definition) is 3. The van der Waals surface area contributed by atoms with E-state index >= 15 is 0 Å². The largest absolute Gasteiger partial charge is 0.317 e. The lowest BCUT2D eigenvalue weighted by molar-refractivity contribution is 0.294. The first kappa shape index (κ1) is 6.95.